The van der Waals surface area contributed by atoms with Gasteiger partial charge in [0, 0.05) is 6.07 Å². The van der Waals surface area contributed by atoms with Crippen LogP contribution in [0.3, 0.4) is 0 Å². The van der Waals surface area contributed by atoms with E-state index in [-0.39, 0.29) is 5.82 Å². The molecule has 0 aliphatic rings. The van der Waals surface area contributed by atoms with Gasteiger partial charge in [0.05, 0.1) is 22.3 Å². The van der Waals surface area contributed by atoms with Crippen molar-refractivity contribution in [1.82, 2.24) is 14.8 Å². The molecule has 0 aromatic carbocycles. The number of nitrogens with zero attached hydrogens (tertiary/aromatic N) is 4. The summed E-state index contributed by atoms with van der Waals surface area (Å²) in [6.07, 6.45) is 3.61. The van der Waals surface area contributed by atoms with Crippen LogP contribution in [-0.4, -0.2) is 30.8 Å². The minimum absolute atomic E-state index is 0.130. The van der Waals surface area contributed by atoms with Gasteiger partial charge in [-0.25, -0.2) is 14.5 Å². The lowest BCUT2D eigenvalue weighted by Gasteiger charge is -2.02. The Kier molecular flexibility index (Phi) is 2.94. The number of aromatic carboxylic acids is 1. The van der Waals surface area contributed by atoms with Gasteiger partial charge in [-0.05, 0) is 0 Å². The van der Waals surface area contributed by atoms with E-state index in [1.54, 1.807) is 0 Å². The molecule has 8 nitrogen and oxygen atoms in total. The molecule has 92 valence electrons. The molecule has 0 unspecified atom stereocenters. The highest BCUT2D eigenvalue weighted by atomic mass is 35.5. The van der Waals surface area contributed by atoms with Crippen molar-refractivity contribution in [2.75, 3.05) is 0 Å². The van der Waals surface area contributed by atoms with Crippen LogP contribution < -0.4 is 0 Å². The van der Waals surface area contributed by atoms with Gasteiger partial charge in [-0.1, -0.05) is 11.6 Å². The third-order valence-electron chi connectivity index (χ3n) is 2.08. The summed E-state index contributed by atoms with van der Waals surface area (Å²) in [6, 6.07) is 1.06. The number of carbonyl (C=O) groups is 1. The summed E-state index contributed by atoms with van der Waals surface area (Å²) in [5.41, 5.74) is -1.04. The zero-order chi connectivity index (χ0) is 13.3. The molecule has 0 amide bonds. The van der Waals surface area contributed by atoms with E-state index in [9.17, 15) is 14.9 Å². The van der Waals surface area contributed by atoms with Crippen molar-refractivity contribution < 1.29 is 14.8 Å². The highest BCUT2D eigenvalue weighted by Crippen LogP contribution is 2.20. The first-order chi connectivity index (χ1) is 8.49. The summed E-state index contributed by atoms with van der Waals surface area (Å²) in [7, 11) is 0. The Bertz CT molecular complexity index is 639. The highest BCUT2D eigenvalue weighted by molar-refractivity contribution is 6.30. The van der Waals surface area contributed by atoms with E-state index >= 15 is 0 Å². The fourth-order valence-electron chi connectivity index (χ4n) is 1.31. The van der Waals surface area contributed by atoms with Gasteiger partial charge in [0.25, 0.3) is 0 Å². The molecule has 0 aliphatic heterocycles. The average Bonchev–Trinajstić information content (AvgIpc) is 2.75. The zero-order valence-electron chi connectivity index (χ0n) is 8.65. The lowest BCUT2D eigenvalue weighted by molar-refractivity contribution is -0.385. The van der Waals surface area contributed by atoms with Gasteiger partial charge in [0.15, 0.2) is 5.82 Å². The van der Waals surface area contributed by atoms with E-state index in [0.717, 1.165) is 12.3 Å². The summed E-state index contributed by atoms with van der Waals surface area (Å²) in [4.78, 5) is 24.5. The summed E-state index contributed by atoms with van der Waals surface area (Å²) in [5, 5.41) is 23.7. The maximum Gasteiger partial charge on any atom is 0.342 e. The molecule has 0 bridgehead atoms. The maximum absolute atomic E-state index is 10.9. The number of rotatable bonds is 3. The van der Waals surface area contributed by atoms with Crippen molar-refractivity contribution in [2.45, 2.75) is 0 Å². The van der Waals surface area contributed by atoms with Gasteiger partial charge in [-0.2, -0.15) is 5.10 Å². The predicted molar refractivity (Wildman–Crippen MR) is 60.0 cm³/mol. The van der Waals surface area contributed by atoms with Crippen LogP contribution in [0.4, 0.5) is 5.69 Å². The van der Waals surface area contributed by atoms with Crippen molar-refractivity contribution in [1.29, 1.82) is 0 Å². The number of hydrogen-bond donors (Lipinski definition) is 1. The second-order valence-corrected chi connectivity index (χ2v) is 3.66. The first-order valence-corrected chi connectivity index (χ1v) is 4.95. The average molecular weight is 269 g/mol. The fourth-order valence-corrected chi connectivity index (χ4v) is 1.44. The number of nitro groups is 1. The van der Waals surface area contributed by atoms with Crippen molar-refractivity contribution in [3.8, 4) is 5.82 Å². The maximum atomic E-state index is 10.9. The van der Waals surface area contributed by atoms with Crippen LogP contribution in [0.25, 0.3) is 5.82 Å². The van der Waals surface area contributed by atoms with Gasteiger partial charge >= 0.3 is 11.7 Å². The highest BCUT2D eigenvalue weighted by Gasteiger charge is 2.21. The Labute approximate surface area is 105 Å². The Morgan fingerprint density at radius 1 is 1.50 bits per heavy atom. The van der Waals surface area contributed by atoms with Gasteiger partial charge < -0.3 is 5.11 Å². The smallest absolute Gasteiger partial charge is 0.342 e. The number of hydrogen-bond acceptors (Lipinski definition) is 5. The van der Waals surface area contributed by atoms with Gasteiger partial charge in [-0.15, -0.1) is 0 Å². The molecule has 0 saturated carbocycles. The number of aromatic nitrogens is 3. The van der Waals surface area contributed by atoms with Gasteiger partial charge in [0.2, 0.25) is 0 Å². The fraction of sp³-hybridized carbons (Fsp3) is 0. The number of pyridine rings is 1. The van der Waals surface area contributed by atoms with Crippen molar-refractivity contribution >= 4 is 23.3 Å². The molecule has 0 aliphatic carbocycles. The van der Waals surface area contributed by atoms with Crippen LogP contribution >= 0.6 is 11.6 Å². The van der Waals surface area contributed by atoms with Crippen LogP contribution in [0, 0.1) is 10.1 Å². The Morgan fingerprint density at radius 3 is 2.72 bits per heavy atom. The molecule has 2 rings (SSSR count). The van der Waals surface area contributed by atoms with Crippen LogP contribution in [0.5, 0.6) is 0 Å². The van der Waals surface area contributed by atoms with E-state index < -0.39 is 22.1 Å². The molecule has 1 N–H and O–H groups in total. The summed E-state index contributed by atoms with van der Waals surface area (Å²) >= 11 is 5.66. The lowest BCUT2D eigenvalue weighted by atomic mass is 10.2. The summed E-state index contributed by atoms with van der Waals surface area (Å²) in [6.45, 7) is 0. The summed E-state index contributed by atoms with van der Waals surface area (Å²) < 4.78 is 1.22. The summed E-state index contributed by atoms with van der Waals surface area (Å²) in [5.74, 6) is -1.28. The minimum Gasteiger partial charge on any atom is -0.477 e. The zero-order valence-corrected chi connectivity index (χ0v) is 9.40. The lowest BCUT2D eigenvalue weighted by Crippen LogP contribution is -2.07. The monoisotopic (exact) mass is 268 g/mol. The van der Waals surface area contributed by atoms with Crippen molar-refractivity contribution in [3.05, 3.63) is 45.4 Å². The topological polar surface area (TPSA) is 111 Å². The molecule has 0 saturated heterocycles. The van der Waals surface area contributed by atoms with E-state index in [2.05, 4.69) is 10.1 Å². The van der Waals surface area contributed by atoms with E-state index in [1.807, 2.05) is 0 Å². The quantitative estimate of drug-likeness (QED) is 0.667. The third-order valence-corrected chi connectivity index (χ3v) is 2.28. The Balaban J connectivity index is 2.56. The molecule has 9 heteroatoms. The van der Waals surface area contributed by atoms with E-state index in [0.29, 0.717) is 5.02 Å². The first-order valence-electron chi connectivity index (χ1n) is 4.57. The Morgan fingerprint density at radius 2 is 2.22 bits per heavy atom. The van der Waals surface area contributed by atoms with Crippen LogP contribution in [0.1, 0.15) is 10.4 Å². The molecule has 0 spiro atoms. The molecule has 0 atom stereocenters. The van der Waals surface area contributed by atoms with Crippen molar-refractivity contribution in [2.24, 2.45) is 0 Å². The minimum atomic E-state index is -1.41. The standard InChI is InChI=1S/C9H5ClN4O4/c10-5-2-12-13(4-5)8-1-6(9(15)16)7(3-11-8)14(17)18/h1-4H,(H,15,16). The second kappa shape index (κ2) is 4.41. The SMILES string of the molecule is O=C(O)c1cc(-n2cc(Cl)cn2)ncc1[N+](=O)[O-]. The normalized spacial score (nSPS) is 10.3. The molecule has 2 aromatic rings. The molecular formula is C9H5ClN4O4. The van der Waals surface area contributed by atoms with Crippen LogP contribution in [-0.2, 0) is 0 Å². The molecular weight excluding hydrogens is 264 g/mol. The van der Waals surface area contributed by atoms with E-state index in [1.165, 1.54) is 17.1 Å². The van der Waals surface area contributed by atoms with Crippen LogP contribution in [0.2, 0.25) is 5.02 Å². The van der Waals surface area contributed by atoms with E-state index in [4.69, 9.17) is 16.7 Å². The van der Waals surface area contributed by atoms with Gasteiger partial charge in [-0.3, -0.25) is 10.1 Å². The number of carboxylic acids is 1. The Hall–Kier alpha value is -2.48. The predicted octanol–water partition coefficient (Wildman–Crippen LogP) is 1.53. The first kappa shape index (κ1) is 12.0. The second-order valence-electron chi connectivity index (χ2n) is 3.23. The molecule has 0 radical (unpaired) electrons. The molecule has 2 heterocycles. The molecule has 18 heavy (non-hydrogen) atoms. The van der Waals surface area contributed by atoms with Gasteiger partial charge in [0.1, 0.15) is 11.8 Å². The number of halogens is 1. The van der Waals surface area contributed by atoms with Crippen molar-refractivity contribution in [3.63, 3.8) is 0 Å². The third kappa shape index (κ3) is 2.13. The number of carboxylic acid groups (broad SMARTS) is 1. The molecule has 2 aromatic heterocycles. The molecule has 0 fully saturated rings. The van der Waals surface area contributed by atoms with Crippen LogP contribution in [0.15, 0.2) is 24.7 Å². The largest absolute Gasteiger partial charge is 0.477 e.